The lowest BCUT2D eigenvalue weighted by atomic mass is 10.1. The van der Waals surface area contributed by atoms with Crippen molar-refractivity contribution in [1.29, 1.82) is 0 Å². The van der Waals surface area contributed by atoms with Crippen molar-refractivity contribution in [3.8, 4) is 11.3 Å². The fraction of sp³-hybridized carbons (Fsp3) is 0.364. The molecule has 2 N–H and O–H groups in total. The lowest BCUT2D eigenvalue weighted by Gasteiger charge is -2.27. The molecule has 2 fully saturated rings. The van der Waals surface area contributed by atoms with Crippen molar-refractivity contribution in [2.24, 2.45) is 0 Å². The Balaban J connectivity index is 0.00000245. The van der Waals surface area contributed by atoms with Crippen molar-refractivity contribution >= 4 is 41.9 Å². The molecule has 0 spiro atoms. The van der Waals surface area contributed by atoms with Gasteiger partial charge in [-0.2, -0.15) is 13.5 Å². The summed E-state index contributed by atoms with van der Waals surface area (Å²) in [5.74, 6) is 0.659. The molecule has 9 nitrogen and oxygen atoms in total. The Morgan fingerprint density at radius 1 is 1.16 bits per heavy atom. The molecular weight excluding hydrogens is 428 g/mol. The van der Waals surface area contributed by atoms with Gasteiger partial charge in [0.05, 0.1) is 30.5 Å². The first-order valence-electron chi connectivity index (χ1n) is 10.4. The maximum atomic E-state index is 12.1. The minimum atomic E-state index is -0.0241. The van der Waals surface area contributed by atoms with Crippen LogP contribution in [0.5, 0.6) is 0 Å². The number of nitrogens with zero attached hydrogens (tertiary/aromatic N) is 4. The predicted octanol–water partition coefficient (Wildman–Crippen LogP) is 1.57. The van der Waals surface area contributed by atoms with Crippen LogP contribution in [0.1, 0.15) is 0 Å². The van der Waals surface area contributed by atoms with E-state index in [0.29, 0.717) is 32.1 Å². The number of carbonyl (C=O) groups is 1. The van der Waals surface area contributed by atoms with Gasteiger partial charge in [-0.15, -0.1) is 0 Å². The van der Waals surface area contributed by atoms with Crippen LogP contribution in [0.2, 0.25) is 0 Å². The standard InChI is InChI=1S/C22H24N6O3.H2S/c29-20-14-30-10-8-28(20)16-3-1-15(2-4-16)18-11-19-21(25-6-5-24-19)22(27-18)26-13-17-12-23-7-9-31-17;/h1-6,11,17,23H,7-10,12-14H2,(H,26,27);1H2/t17-;/m0./s1. The van der Waals surface area contributed by atoms with Crippen molar-refractivity contribution in [2.45, 2.75) is 6.10 Å². The SMILES string of the molecule is O=C1COCCN1c1ccc(-c2cc3nccnc3c(NC[C@@H]3CNCCO3)n2)cc1.S. The van der Waals surface area contributed by atoms with Crippen LogP contribution in [0.25, 0.3) is 22.3 Å². The van der Waals surface area contributed by atoms with Crippen LogP contribution in [-0.4, -0.2) is 73.0 Å². The van der Waals surface area contributed by atoms with Crippen molar-refractivity contribution < 1.29 is 14.3 Å². The number of pyridine rings is 1. The van der Waals surface area contributed by atoms with E-state index in [0.717, 1.165) is 41.1 Å². The summed E-state index contributed by atoms with van der Waals surface area (Å²) < 4.78 is 11.0. The van der Waals surface area contributed by atoms with Crippen LogP contribution in [-0.2, 0) is 14.3 Å². The number of aromatic nitrogens is 3. The lowest BCUT2D eigenvalue weighted by Crippen LogP contribution is -2.42. The molecule has 168 valence electrons. The summed E-state index contributed by atoms with van der Waals surface area (Å²) in [5, 5.41) is 6.72. The lowest BCUT2D eigenvalue weighted by molar-refractivity contribution is -0.125. The molecule has 1 atom stereocenters. The van der Waals surface area contributed by atoms with Gasteiger partial charge < -0.3 is 25.0 Å². The summed E-state index contributed by atoms with van der Waals surface area (Å²) in [6.45, 7) is 4.26. The number of anilines is 2. The summed E-state index contributed by atoms with van der Waals surface area (Å²) >= 11 is 0. The number of hydrogen-bond acceptors (Lipinski definition) is 8. The zero-order valence-corrected chi connectivity index (χ0v) is 18.6. The highest BCUT2D eigenvalue weighted by molar-refractivity contribution is 7.59. The summed E-state index contributed by atoms with van der Waals surface area (Å²) in [5.41, 5.74) is 4.09. The molecule has 1 amide bonds. The number of amides is 1. The van der Waals surface area contributed by atoms with E-state index in [1.807, 2.05) is 30.3 Å². The Bertz CT molecular complexity index is 1070. The molecule has 2 aliphatic rings. The van der Waals surface area contributed by atoms with E-state index in [4.69, 9.17) is 14.5 Å². The number of ether oxygens (including phenoxy) is 2. The zero-order valence-electron chi connectivity index (χ0n) is 17.6. The van der Waals surface area contributed by atoms with Crippen molar-refractivity contribution in [3.05, 3.63) is 42.7 Å². The van der Waals surface area contributed by atoms with Gasteiger partial charge in [-0.1, -0.05) is 12.1 Å². The van der Waals surface area contributed by atoms with Crippen LogP contribution in [0.4, 0.5) is 11.5 Å². The van der Waals surface area contributed by atoms with Gasteiger partial charge >= 0.3 is 0 Å². The third-order valence-corrected chi connectivity index (χ3v) is 5.42. The number of benzene rings is 1. The monoisotopic (exact) mass is 454 g/mol. The largest absolute Gasteiger partial charge is 0.374 e. The third-order valence-electron chi connectivity index (χ3n) is 5.42. The number of morpholine rings is 2. The summed E-state index contributed by atoms with van der Waals surface area (Å²) in [6, 6.07) is 9.76. The Labute approximate surface area is 193 Å². The second kappa shape index (κ2) is 10.2. The fourth-order valence-electron chi connectivity index (χ4n) is 3.81. The van der Waals surface area contributed by atoms with Gasteiger partial charge in [0.1, 0.15) is 12.1 Å². The van der Waals surface area contributed by atoms with E-state index in [1.165, 1.54) is 0 Å². The average Bonchev–Trinajstić information content (AvgIpc) is 2.83. The third kappa shape index (κ3) is 4.83. The van der Waals surface area contributed by atoms with Gasteiger partial charge in [0.25, 0.3) is 5.91 Å². The molecule has 3 aromatic rings. The number of nitrogens with one attached hydrogen (secondary N) is 2. The van der Waals surface area contributed by atoms with E-state index in [2.05, 4.69) is 20.6 Å². The maximum absolute atomic E-state index is 12.1. The molecule has 4 heterocycles. The highest BCUT2D eigenvalue weighted by Crippen LogP contribution is 2.27. The Kier molecular flexibility index (Phi) is 7.15. The molecule has 0 unspecified atom stereocenters. The average molecular weight is 455 g/mol. The first-order chi connectivity index (χ1) is 15.3. The van der Waals surface area contributed by atoms with Crippen LogP contribution in [0.3, 0.4) is 0 Å². The molecule has 1 aromatic carbocycles. The minimum Gasteiger partial charge on any atom is -0.374 e. The van der Waals surface area contributed by atoms with Crippen LogP contribution in [0.15, 0.2) is 42.7 Å². The summed E-state index contributed by atoms with van der Waals surface area (Å²) in [4.78, 5) is 27.6. The van der Waals surface area contributed by atoms with Crippen LogP contribution < -0.4 is 15.5 Å². The molecule has 0 radical (unpaired) electrons. The molecule has 2 saturated heterocycles. The minimum absolute atomic E-state index is 0. The van der Waals surface area contributed by atoms with Crippen molar-refractivity contribution in [1.82, 2.24) is 20.3 Å². The molecule has 10 heteroatoms. The topological polar surface area (TPSA) is 102 Å². The van der Waals surface area contributed by atoms with Crippen LogP contribution >= 0.6 is 13.5 Å². The molecule has 5 rings (SSSR count). The summed E-state index contributed by atoms with van der Waals surface area (Å²) in [7, 11) is 0. The van der Waals surface area contributed by atoms with Crippen molar-refractivity contribution in [2.75, 3.05) is 56.2 Å². The predicted molar refractivity (Wildman–Crippen MR) is 127 cm³/mol. The highest BCUT2D eigenvalue weighted by Gasteiger charge is 2.20. The molecule has 32 heavy (non-hydrogen) atoms. The van der Waals surface area contributed by atoms with E-state index in [1.54, 1.807) is 17.3 Å². The zero-order chi connectivity index (χ0) is 21.0. The highest BCUT2D eigenvalue weighted by atomic mass is 32.1. The first kappa shape index (κ1) is 22.4. The molecule has 0 saturated carbocycles. The van der Waals surface area contributed by atoms with Gasteiger partial charge in [-0.05, 0) is 18.2 Å². The molecule has 2 aliphatic heterocycles. The van der Waals surface area contributed by atoms with Gasteiger partial charge in [-0.3, -0.25) is 9.78 Å². The Hall–Kier alpha value is -2.79. The molecular formula is C22H26N6O3S. The molecule has 2 aromatic heterocycles. The van der Waals surface area contributed by atoms with Crippen LogP contribution in [0, 0.1) is 0 Å². The van der Waals surface area contributed by atoms with E-state index >= 15 is 0 Å². The van der Waals surface area contributed by atoms with E-state index in [-0.39, 0.29) is 32.1 Å². The molecule has 0 aliphatic carbocycles. The van der Waals surface area contributed by atoms with Crippen molar-refractivity contribution in [3.63, 3.8) is 0 Å². The van der Waals surface area contributed by atoms with Gasteiger partial charge in [0.2, 0.25) is 0 Å². The number of hydrogen-bond donors (Lipinski definition) is 2. The quantitative estimate of drug-likeness (QED) is 0.599. The smallest absolute Gasteiger partial charge is 0.253 e. The number of carbonyl (C=O) groups excluding carboxylic acids is 1. The maximum Gasteiger partial charge on any atom is 0.253 e. The second-order valence-electron chi connectivity index (χ2n) is 7.50. The Morgan fingerprint density at radius 2 is 2.00 bits per heavy atom. The molecule has 0 bridgehead atoms. The Morgan fingerprint density at radius 3 is 2.78 bits per heavy atom. The van der Waals surface area contributed by atoms with Gasteiger partial charge in [0, 0.05) is 49.8 Å². The summed E-state index contributed by atoms with van der Waals surface area (Å²) in [6.07, 6.45) is 3.43. The first-order valence-corrected chi connectivity index (χ1v) is 10.4. The van der Waals surface area contributed by atoms with Gasteiger partial charge in [-0.25, -0.2) is 9.97 Å². The second-order valence-corrected chi connectivity index (χ2v) is 7.50. The van der Waals surface area contributed by atoms with E-state index in [9.17, 15) is 4.79 Å². The normalized spacial score (nSPS) is 18.9. The fourth-order valence-corrected chi connectivity index (χ4v) is 3.81. The van der Waals surface area contributed by atoms with Gasteiger partial charge in [0.15, 0.2) is 5.82 Å². The number of fused-ring (bicyclic) bond motifs is 1. The van der Waals surface area contributed by atoms with E-state index < -0.39 is 0 Å². The number of rotatable bonds is 5.